The molecule has 0 aromatic heterocycles. The Morgan fingerprint density at radius 2 is 1.78 bits per heavy atom. The van der Waals surface area contributed by atoms with Gasteiger partial charge in [-0.05, 0) is 19.4 Å². The Hall–Kier alpha value is -0.573. The predicted octanol–water partition coefficient (Wildman–Crippen LogP) is 0.166. The molecule has 0 rings (SSSR count). The van der Waals surface area contributed by atoms with Crippen LogP contribution in [0.15, 0.2) is 11.0 Å². The Morgan fingerprint density at radius 1 is 1.33 bits per heavy atom. The van der Waals surface area contributed by atoms with Gasteiger partial charge in [-0.25, -0.2) is 0 Å². The molecule has 9 heavy (non-hydrogen) atoms. The normalized spacial score (nSPS) is 8.78. The van der Waals surface area contributed by atoms with Gasteiger partial charge in [-0.2, -0.15) is 0 Å². The molecule has 3 heteroatoms. The number of carbonyl (C=O) groups is 1. The molecular formula is C6H12O2Si. The molecule has 0 aliphatic carbocycles. The Kier molecular flexibility index (Phi) is 3.23. The average molecular weight is 144 g/mol. The summed E-state index contributed by atoms with van der Waals surface area (Å²) in [6.45, 7) is 5.29. The molecule has 0 bridgehead atoms. The molecule has 0 aromatic rings. The Morgan fingerprint density at radius 3 is 1.89 bits per heavy atom. The van der Waals surface area contributed by atoms with Crippen molar-refractivity contribution in [3.8, 4) is 0 Å². The lowest BCUT2D eigenvalue weighted by Gasteiger charge is -2.01. The predicted molar refractivity (Wildman–Crippen MR) is 40.1 cm³/mol. The van der Waals surface area contributed by atoms with E-state index in [0.29, 0.717) is 0 Å². The Labute approximate surface area is 58.3 Å². The molecule has 0 aromatic carbocycles. The number of rotatable bonds is 1. The van der Waals surface area contributed by atoms with Gasteiger partial charge in [0.1, 0.15) is 0 Å². The first kappa shape index (κ1) is 8.43. The van der Waals surface area contributed by atoms with Gasteiger partial charge in [0, 0.05) is 6.92 Å². The number of hydrogen-bond donors (Lipinski definition) is 0. The molecule has 0 spiro atoms. The fourth-order valence-electron chi connectivity index (χ4n) is 0.318. The molecule has 0 heterocycles. The van der Waals surface area contributed by atoms with Crippen LogP contribution in [0.5, 0.6) is 0 Å². The molecule has 0 radical (unpaired) electrons. The van der Waals surface area contributed by atoms with Crippen LogP contribution in [0.25, 0.3) is 0 Å². The van der Waals surface area contributed by atoms with Gasteiger partial charge < -0.3 is 4.74 Å². The van der Waals surface area contributed by atoms with Crippen LogP contribution in [0.1, 0.15) is 20.8 Å². The molecule has 0 saturated carbocycles. The molecule has 0 atom stereocenters. The van der Waals surface area contributed by atoms with Crippen molar-refractivity contribution in [2.75, 3.05) is 0 Å². The molecule has 0 unspecified atom stereocenters. The van der Waals surface area contributed by atoms with E-state index >= 15 is 0 Å². The molecule has 2 nitrogen and oxygen atoms in total. The first-order valence-electron chi connectivity index (χ1n) is 2.86. The maximum Gasteiger partial charge on any atom is 0.307 e. The van der Waals surface area contributed by atoms with E-state index < -0.39 is 0 Å². The minimum atomic E-state index is -0.221. The van der Waals surface area contributed by atoms with Gasteiger partial charge in [0.05, 0.1) is 15.6 Å². The van der Waals surface area contributed by atoms with Gasteiger partial charge >= 0.3 is 5.97 Å². The monoisotopic (exact) mass is 144 g/mol. The zero-order valence-electron chi connectivity index (χ0n) is 6.32. The number of allylic oxidation sites excluding steroid dienone is 1. The molecule has 0 saturated heterocycles. The maximum atomic E-state index is 10.3. The van der Waals surface area contributed by atoms with Crippen molar-refractivity contribution >= 4 is 16.2 Å². The zero-order valence-corrected chi connectivity index (χ0v) is 8.32. The average Bonchev–Trinajstić information content (AvgIpc) is 1.63. The molecule has 0 amide bonds. The van der Waals surface area contributed by atoms with Gasteiger partial charge in [-0.3, -0.25) is 4.79 Å². The molecular weight excluding hydrogens is 132 g/mol. The van der Waals surface area contributed by atoms with Crippen LogP contribution in [0, 0.1) is 0 Å². The van der Waals surface area contributed by atoms with Gasteiger partial charge in [0.15, 0.2) is 0 Å². The van der Waals surface area contributed by atoms with Gasteiger partial charge in [-0.1, -0.05) is 0 Å². The molecule has 0 aliphatic heterocycles. The topological polar surface area (TPSA) is 26.3 Å². The summed E-state index contributed by atoms with van der Waals surface area (Å²) in [6.07, 6.45) is 0. The first-order valence-corrected chi connectivity index (χ1v) is 3.86. The summed E-state index contributed by atoms with van der Waals surface area (Å²) in [7, 11) is 0.808. The van der Waals surface area contributed by atoms with Crippen LogP contribution < -0.4 is 0 Å². The fourth-order valence-corrected chi connectivity index (χ4v) is 0.605. The van der Waals surface area contributed by atoms with E-state index in [4.69, 9.17) is 4.74 Å². The zero-order chi connectivity index (χ0) is 7.44. The second kappa shape index (κ2) is 3.45. The van der Waals surface area contributed by atoms with E-state index in [1.165, 1.54) is 6.92 Å². The lowest BCUT2D eigenvalue weighted by Crippen LogP contribution is -1.99. The Balaban J connectivity index is 3.92. The highest BCUT2D eigenvalue weighted by atomic mass is 28.1. The highest BCUT2D eigenvalue weighted by Gasteiger charge is 1.94. The standard InChI is InChI=1S/C6H12O2Si/c1-4(2)6(9)8-5(3)7/h1-3,9H3. The molecule has 0 fully saturated rings. The second-order valence-corrected chi connectivity index (χ2v) is 3.06. The highest BCUT2D eigenvalue weighted by Crippen LogP contribution is 1.99. The number of ether oxygens (including phenoxy) is 1. The summed E-state index contributed by atoms with van der Waals surface area (Å²) in [5.41, 5.74) is 1.09. The summed E-state index contributed by atoms with van der Waals surface area (Å²) in [4.78, 5) is 10.3. The third kappa shape index (κ3) is 3.97. The fraction of sp³-hybridized carbons (Fsp3) is 0.500. The van der Waals surface area contributed by atoms with Crippen LogP contribution in [0.2, 0.25) is 0 Å². The summed E-state index contributed by atoms with van der Waals surface area (Å²) in [5.74, 6) is -0.221. The lowest BCUT2D eigenvalue weighted by atomic mass is 10.4. The number of hydrogen-bond acceptors (Lipinski definition) is 2. The molecule has 52 valence electrons. The summed E-state index contributed by atoms with van der Waals surface area (Å²) in [5, 5.41) is 0.836. The van der Waals surface area contributed by atoms with Crippen molar-refractivity contribution in [1.82, 2.24) is 0 Å². The quantitative estimate of drug-likeness (QED) is 0.298. The summed E-state index contributed by atoms with van der Waals surface area (Å²) >= 11 is 0. The second-order valence-electron chi connectivity index (χ2n) is 2.15. The van der Waals surface area contributed by atoms with Gasteiger partial charge in [-0.15, -0.1) is 0 Å². The summed E-state index contributed by atoms with van der Waals surface area (Å²) < 4.78 is 4.81. The van der Waals surface area contributed by atoms with E-state index in [2.05, 4.69) is 0 Å². The largest absolute Gasteiger partial charge is 0.438 e. The van der Waals surface area contributed by atoms with Crippen LogP contribution in [0.3, 0.4) is 0 Å². The SMILES string of the molecule is CC(=O)OC([SiH3])=C(C)C. The van der Waals surface area contributed by atoms with Crippen molar-refractivity contribution in [3.05, 3.63) is 11.0 Å². The number of esters is 1. The smallest absolute Gasteiger partial charge is 0.307 e. The van der Waals surface area contributed by atoms with E-state index in [9.17, 15) is 4.79 Å². The highest BCUT2D eigenvalue weighted by molar-refractivity contribution is 6.21. The van der Waals surface area contributed by atoms with Crippen LogP contribution in [0.4, 0.5) is 0 Å². The van der Waals surface area contributed by atoms with Gasteiger partial charge in [0.2, 0.25) is 0 Å². The van der Waals surface area contributed by atoms with E-state index in [-0.39, 0.29) is 5.97 Å². The molecule has 0 N–H and O–H groups in total. The van der Waals surface area contributed by atoms with Crippen molar-refractivity contribution < 1.29 is 9.53 Å². The maximum absolute atomic E-state index is 10.3. The van der Waals surface area contributed by atoms with Gasteiger partial charge in [0.25, 0.3) is 0 Å². The Bertz CT molecular complexity index is 145. The van der Waals surface area contributed by atoms with Crippen LogP contribution in [-0.4, -0.2) is 16.2 Å². The molecule has 0 aliphatic rings. The van der Waals surface area contributed by atoms with E-state index in [1.54, 1.807) is 0 Å². The van der Waals surface area contributed by atoms with Crippen LogP contribution >= 0.6 is 0 Å². The van der Waals surface area contributed by atoms with Crippen molar-refractivity contribution in [2.24, 2.45) is 0 Å². The minimum Gasteiger partial charge on any atom is -0.438 e. The summed E-state index contributed by atoms with van der Waals surface area (Å²) in [6, 6.07) is 0. The van der Waals surface area contributed by atoms with Crippen molar-refractivity contribution in [2.45, 2.75) is 20.8 Å². The van der Waals surface area contributed by atoms with Crippen molar-refractivity contribution in [3.63, 3.8) is 0 Å². The van der Waals surface area contributed by atoms with Crippen LogP contribution in [-0.2, 0) is 9.53 Å². The van der Waals surface area contributed by atoms with E-state index in [0.717, 1.165) is 21.2 Å². The number of carbonyl (C=O) groups excluding carboxylic acids is 1. The van der Waals surface area contributed by atoms with Crippen molar-refractivity contribution in [1.29, 1.82) is 0 Å². The lowest BCUT2D eigenvalue weighted by molar-refractivity contribution is -0.136. The minimum absolute atomic E-state index is 0.221. The first-order chi connectivity index (χ1) is 4.04. The third-order valence-corrected chi connectivity index (χ3v) is 2.21. The van der Waals surface area contributed by atoms with E-state index in [1.807, 2.05) is 13.8 Å². The third-order valence-electron chi connectivity index (χ3n) is 1.00.